The molecule has 0 bridgehead atoms. The minimum absolute atomic E-state index is 0.770. The second-order valence-electron chi connectivity index (χ2n) is 7.40. The molecule has 3 heteroatoms. The summed E-state index contributed by atoms with van der Waals surface area (Å²) in [4.78, 5) is 9.50. The number of nitrogens with zero attached hydrogens (tertiary/aromatic N) is 3. The van der Waals surface area contributed by atoms with Gasteiger partial charge in [-0.15, -0.1) is 0 Å². The normalized spacial score (nSPS) is 11.4. The molecule has 0 atom stereocenters. The highest BCUT2D eigenvalue weighted by Gasteiger charge is 2.14. The SMILES string of the molecule is Cc1cccc(-c2cc(-n3c4ccccc4c4cc(C)ccc43)nc(C)n2)c1. The standard InChI is InChI=1S/C25H21N3/c1-16-7-6-8-19(13-16)22-15-25(27-18(3)26-22)28-23-10-5-4-9-20(23)21-14-17(2)11-12-24(21)28/h4-15H,1-3H3. The first-order valence-corrected chi connectivity index (χ1v) is 9.53. The van der Waals surface area contributed by atoms with E-state index in [-0.39, 0.29) is 0 Å². The Labute approximate surface area is 164 Å². The lowest BCUT2D eigenvalue weighted by atomic mass is 10.1. The molecule has 0 amide bonds. The van der Waals surface area contributed by atoms with Crippen LogP contribution < -0.4 is 0 Å². The van der Waals surface area contributed by atoms with Crippen molar-refractivity contribution in [2.24, 2.45) is 0 Å². The Morgan fingerprint density at radius 3 is 2.29 bits per heavy atom. The summed E-state index contributed by atoms with van der Waals surface area (Å²) in [7, 11) is 0. The molecule has 0 spiro atoms. The van der Waals surface area contributed by atoms with Gasteiger partial charge in [-0.05, 0) is 45.0 Å². The van der Waals surface area contributed by atoms with Gasteiger partial charge in [0.25, 0.3) is 0 Å². The molecule has 0 aliphatic rings. The van der Waals surface area contributed by atoms with Crippen LogP contribution >= 0.6 is 0 Å². The number of rotatable bonds is 2. The second-order valence-corrected chi connectivity index (χ2v) is 7.40. The zero-order valence-electron chi connectivity index (χ0n) is 16.3. The Kier molecular flexibility index (Phi) is 3.76. The minimum Gasteiger partial charge on any atom is -0.294 e. The Bertz CT molecular complexity index is 1350. The lowest BCUT2D eigenvalue weighted by Crippen LogP contribution is -2.02. The molecule has 3 nitrogen and oxygen atoms in total. The summed E-state index contributed by atoms with van der Waals surface area (Å²) in [5.74, 6) is 1.67. The Morgan fingerprint density at radius 2 is 1.43 bits per heavy atom. The fraction of sp³-hybridized carbons (Fsp3) is 0.120. The first kappa shape index (κ1) is 16.7. The monoisotopic (exact) mass is 363 g/mol. The summed E-state index contributed by atoms with van der Waals surface area (Å²) < 4.78 is 2.25. The zero-order chi connectivity index (χ0) is 19.3. The van der Waals surface area contributed by atoms with Crippen molar-refractivity contribution >= 4 is 21.8 Å². The lowest BCUT2D eigenvalue weighted by molar-refractivity contribution is 0.985. The van der Waals surface area contributed by atoms with Gasteiger partial charge in [-0.3, -0.25) is 4.57 Å². The first-order chi connectivity index (χ1) is 13.6. The van der Waals surface area contributed by atoms with Crippen LogP contribution in [0.2, 0.25) is 0 Å². The Balaban J connectivity index is 1.83. The average molecular weight is 363 g/mol. The highest BCUT2D eigenvalue weighted by atomic mass is 15.1. The molecule has 5 rings (SSSR count). The van der Waals surface area contributed by atoms with Crippen molar-refractivity contribution in [1.29, 1.82) is 0 Å². The van der Waals surface area contributed by atoms with E-state index in [0.29, 0.717) is 0 Å². The third kappa shape index (κ3) is 2.67. The summed E-state index contributed by atoms with van der Waals surface area (Å²) in [5.41, 5.74) is 6.88. The van der Waals surface area contributed by atoms with Crippen LogP contribution in [-0.2, 0) is 0 Å². The third-order valence-corrected chi connectivity index (χ3v) is 5.20. The van der Waals surface area contributed by atoms with E-state index in [1.165, 1.54) is 27.4 Å². The van der Waals surface area contributed by atoms with Crippen molar-refractivity contribution in [3.05, 3.63) is 89.7 Å². The summed E-state index contributed by atoms with van der Waals surface area (Å²) in [6.45, 7) is 6.20. The largest absolute Gasteiger partial charge is 0.294 e. The molecule has 136 valence electrons. The molecular weight excluding hydrogens is 342 g/mol. The van der Waals surface area contributed by atoms with Gasteiger partial charge in [0.05, 0.1) is 16.7 Å². The predicted octanol–water partition coefficient (Wildman–Crippen LogP) is 6.17. The summed E-state index contributed by atoms with van der Waals surface area (Å²) >= 11 is 0. The number of hydrogen-bond donors (Lipinski definition) is 0. The minimum atomic E-state index is 0.770. The maximum absolute atomic E-state index is 4.80. The Hall–Kier alpha value is -3.46. The lowest BCUT2D eigenvalue weighted by Gasteiger charge is -2.10. The molecule has 0 aliphatic heterocycles. The molecular formula is C25H21N3. The Morgan fingerprint density at radius 1 is 0.643 bits per heavy atom. The number of aromatic nitrogens is 3. The molecule has 0 radical (unpaired) electrons. The van der Waals surface area contributed by atoms with Crippen LogP contribution in [0.1, 0.15) is 17.0 Å². The van der Waals surface area contributed by atoms with Gasteiger partial charge in [0.15, 0.2) is 0 Å². The molecule has 0 fully saturated rings. The van der Waals surface area contributed by atoms with Gasteiger partial charge in [0.2, 0.25) is 0 Å². The van der Waals surface area contributed by atoms with E-state index in [4.69, 9.17) is 9.97 Å². The van der Waals surface area contributed by atoms with Crippen LogP contribution in [0, 0.1) is 20.8 Å². The number of hydrogen-bond acceptors (Lipinski definition) is 2. The van der Waals surface area contributed by atoms with E-state index >= 15 is 0 Å². The van der Waals surface area contributed by atoms with Gasteiger partial charge in [-0.2, -0.15) is 0 Å². The van der Waals surface area contributed by atoms with E-state index in [2.05, 4.69) is 91.2 Å². The van der Waals surface area contributed by atoms with Gasteiger partial charge in [0, 0.05) is 22.4 Å². The third-order valence-electron chi connectivity index (χ3n) is 5.20. The molecule has 5 aromatic rings. The van der Waals surface area contributed by atoms with Crippen LogP contribution in [0.4, 0.5) is 0 Å². The van der Waals surface area contributed by atoms with Crippen LogP contribution in [0.25, 0.3) is 38.9 Å². The van der Waals surface area contributed by atoms with Crippen molar-refractivity contribution in [1.82, 2.24) is 14.5 Å². The van der Waals surface area contributed by atoms with E-state index in [0.717, 1.165) is 28.4 Å². The molecule has 2 heterocycles. The van der Waals surface area contributed by atoms with Crippen molar-refractivity contribution in [3.63, 3.8) is 0 Å². The van der Waals surface area contributed by atoms with Gasteiger partial charge in [-0.1, -0.05) is 53.6 Å². The zero-order valence-corrected chi connectivity index (χ0v) is 16.3. The molecule has 0 unspecified atom stereocenters. The van der Waals surface area contributed by atoms with Gasteiger partial charge in [-0.25, -0.2) is 9.97 Å². The summed E-state index contributed by atoms with van der Waals surface area (Å²) in [5, 5.41) is 2.50. The average Bonchev–Trinajstić information content (AvgIpc) is 3.01. The molecule has 0 N–H and O–H groups in total. The van der Waals surface area contributed by atoms with Crippen LogP contribution in [0.5, 0.6) is 0 Å². The number of aryl methyl sites for hydroxylation is 3. The van der Waals surface area contributed by atoms with E-state index in [9.17, 15) is 0 Å². The molecule has 3 aromatic carbocycles. The van der Waals surface area contributed by atoms with Crippen molar-refractivity contribution in [2.45, 2.75) is 20.8 Å². The number of benzene rings is 3. The van der Waals surface area contributed by atoms with Crippen molar-refractivity contribution < 1.29 is 0 Å². The maximum atomic E-state index is 4.80. The molecule has 2 aromatic heterocycles. The topological polar surface area (TPSA) is 30.7 Å². The predicted molar refractivity (Wildman–Crippen MR) is 116 cm³/mol. The van der Waals surface area contributed by atoms with E-state index in [1.54, 1.807) is 0 Å². The fourth-order valence-electron chi connectivity index (χ4n) is 3.95. The molecule has 28 heavy (non-hydrogen) atoms. The number of fused-ring (bicyclic) bond motifs is 3. The van der Waals surface area contributed by atoms with Gasteiger partial charge >= 0.3 is 0 Å². The molecule has 0 saturated heterocycles. The van der Waals surface area contributed by atoms with Crippen molar-refractivity contribution in [3.8, 4) is 17.1 Å². The van der Waals surface area contributed by atoms with Gasteiger partial charge < -0.3 is 0 Å². The quantitative estimate of drug-likeness (QED) is 0.376. The maximum Gasteiger partial charge on any atom is 0.141 e. The van der Waals surface area contributed by atoms with Crippen LogP contribution in [0.3, 0.4) is 0 Å². The van der Waals surface area contributed by atoms with Crippen LogP contribution in [-0.4, -0.2) is 14.5 Å². The van der Waals surface area contributed by atoms with E-state index in [1.807, 2.05) is 6.92 Å². The number of para-hydroxylation sites is 1. The van der Waals surface area contributed by atoms with Gasteiger partial charge in [0.1, 0.15) is 11.6 Å². The second kappa shape index (κ2) is 6.31. The first-order valence-electron chi connectivity index (χ1n) is 9.53. The summed E-state index contributed by atoms with van der Waals surface area (Å²) in [6, 6.07) is 25.7. The van der Waals surface area contributed by atoms with Crippen LogP contribution in [0.15, 0.2) is 72.8 Å². The fourth-order valence-corrected chi connectivity index (χ4v) is 3.95. The van der Waals surface area contributed by atoms with E-state index < -0.39 is 0 Å². The van der Waals surface area contributed by atoms with Crippen molar-refractivity contribution in [2.75, 3.05) is 0 Å². The molecule has 0 saturated carbocycles. The highest BCUT2D eigenvalue weighted by Crippen LogP contribution is 2.32. The highest BCUT2D eigenvalue weighted by molar-refractivity contribution is 6.09. The summed E-state index contributed by atoms with van der Waals surface area (Å²) in [6.07, 6.45) is 0. The smallest absolute Gasteiger partial charge is 0.141 e. The molecule has 0 aliphatic carbocycles.